The van der Waals surface area contributed by atoms with Gasteiger partial charge in [0.05, 0.1) is 11.5 Å². The van der Waals surface area contributed by atoms with Crippen LogP contribution in [0.3, 0.4) is 0 Å². The normalized spacial score (nSPS) is 17.2. The van der Waals surface area contributed by atoms with Gasteiger partial charge in [-0.15, -0.1) is 22.0 Å². The molecule has 0 atom stereocenters. The second-order valence-corrected chi connectivity index (χ2v) is 5.32. The van der Waals surface area contributed by atoms with Crippen molar-refractivity contribution in [3.05, 3.63) is 12.2 Å². The largest absolute Gasteiger partial charge is 0.481 e. The van der Waals surface area contributed by atoms with Crippen molar-refractivity contribution in [2.24, 2.45) is 0 Å². The highest BCUT2D eigenvalue weighted by molar-refractivity contribution is 7.99. The van der Waals surface area contributed by atoms with Gasteiger partial charge in [0.25, 0.3) is 0 Å². The molecule has 2 rings (SSSR count). The number of carbonyl (C=O) groups is 1. The van der Waals surface area contributed by atoms with Crippen LogP contribution in [0.15, 0.2) is 6.33 Å². The Labute approximate surface area is 105 Å². The van der Waals surface area contributed by atoms with Crippen molar-refractivity contribution in [1.29, 1.82) is 0 Å². The Hall–Kier alpha value is -1.04. The first-order valence-corrected chi connectivity index (χ1v) is 7.11. The van der Waals surface area contributed by atoms with E-state index in [1.54, 1.807) is 6.33 Å². The highest BCUT2D eigenvalue weighted by atomic mass is 32.2. The SMILES string of the molecule is O=C(O)CSCc1nncn1C1CCCCC1. The second-order valence-electron chi connectivity index (χ2n) is 4.33. The molecule has 0 radical (unpaired) electrons. The molecule has 1 N–H and O–H groups in total. The van der Waals surface area contributed by atoms with Gasteiger partial charge in [-0.1, -0.05) is 19.3 Å². The van der Waals surface area contributed by atoms with Gasteiger partial charge in [-0.2, -0.15) is 0 Å². The van der Waals surface area contributed by atoms with E-state index in [-0.39, 0.29) is 5.75 Å². The number of nitrogens with zero attached hydrogens (tertiary/aromatic N) is 3. The number of hydrogen-bond acceptors (Lipinski definition) is 4. The molecular weight excluding hydrogens is 238 g/mol. The molecule has 94 valence electrons. The predicted octanol–water partition coefficient (Wildman–Crippen LogP) is 2.10. The minimum atomic E-state index is -0.779. The van der Waals surface area contributed by atoms with Crippen molar-refractivity contribution >= 4 is 17.7 Å². The lowest BCUT2D eigenvalue weighted by atomic mass is 9.95. The number of thioether (sulfide) groups is 1. The molecule has 0 unspecified atom stereocenters. The fourth-order valence-corrected chi connectivity index (χ4v) is 2.93. The Morgan fingerprint density at radius 1 is 1.47 bits per heavy atom. The van der Waals surface area contributed by atoms with E-state index in [1.807, 2.05) is 0 Å². The van der Waals surface area contributed by atoms with Crippen molar-refractivity contribution in [1.82, 2.24) is 14.8 Å². The number of rotatable bonds is 5. The Balaban J connectivity index is 1.93. The molecule has 0 bridgehead atoms. The van der Waals surface area contributed by atoms with E-state index in [9.17, 15) is 4.79 Å². The molecule has 5 nitrogen and oxygen atoms in total. The molecule has 1 aliphatic carbocycles. The summed E-state index contributed by atoms with van der Waals surface area (Å²) in [4.78, 5) is 10.5. The van der Waals surface area contributed by atoms with E-state index in [0.29, 0.717) is 11.8 Å². The van der Waals surface area contributed by atoms with E-state index < -0.39 is 5.97 Å². The van der Waals surface area contributed by atoms with Crippen LogP contribution >= 0.6 is 11.8 Å². The number of carboxylic acids is 1. The Kier molecular flexibility index (Phi) is 4.42. The molecule has 0 spiro atoms. The van der Waals surface area contributed by atoms with Crippen LogP contribution in [0.4, 0.5) is 0 Å². The lowest BCUT2D eigenvalue weighted by Crippen LogP contribution is -2.14. The molecule has 1 aromatic rings. The fourth-order valence-electron chi connectivity index (χ4n) is 2.26. The van der Waals surface area contributed by atoms with Gasteiger partial charge >= 0.3 is 5.97 Å². The average Bonchev–Trinajstić information content (AvgIpc) is 2.78. The van der Waals surface area contributed by atoms with Gasteiger partial charge in [-0.05, 0) is 12.8 Å². The molecule has 1 aliphatic rings. The van der Waals surface area contributed by atoms with Crippen molar-refractivity contribution < 1.29 is 9.90 Å². The van der Waals surface area contributed by atoms with Crippen LogP contribution in [0.5, 0.6) is 0 Å². The monoisotopic (exact) mass is 255 g/mol. The lowest BCUT2D eigenvalue weighted by Gasteiger charge is -2.23. The maximum Gasteiger partial charge on any atom is 0.313 e. The van der Waals surface area contributed by atoms with E-state index in [4.69, 9.17) is 5.11 Å². The third kappa shape index (κ3) is 3.46. The maximum absolute atomic E-state index is 10.5. The zero-order valence-corrected chi connectivity index (χ0v) is 10.5. The number of aliphatic carboxylic acids is 1. The molecular formula is C11H17N3O2S. The summed E-state index contributed by atoms with van der Waals surface area (Å²) in [7, 11) is 0. The Bertz CT molecular complexity index is 375. The topological polar surface area (TPSA) is 68.0 Å². The van der Waals surface area contributed by atoms with Gasteiger partial charge in [0, 0.05) is 6.04 Å². The summed E-state index contributed by atoms with van der Waals surface area (Å²) in [5, 5.41) is 16.6. The molecule has 0 saturated heterocycles. The zero-order valence-electron chi connectivity index (χ0n) is 9.71. The molecule has 1 aromatic heterocycles. The quantitative estimate of drug-likeness (QED) is 0.872. The minimum absolute atomic E-state index is 0.123. The van der Waals surface area contributed by atoms with Gasteiger partial charge in [-0.25, -0.2) is 0 Å². The molecule has 0 aliphatic heterocycles. The Morgan fingerprint density at radius 3 is 2.94 bits per heavy atom. The van der Waals surface area contributed by atoms with Gasteiger partial charge < -0.3 is 9.67 Å². The maximum atomic E-state index is 10.5. The first kappa shape index (κ1) is 12.4. The van der Waals surface area contributed by atoms with Crippen molar-refractivity contribution in [3.8, 4) is 0 Å². The second kappa shape index (κ2) is 6.05. The third-order valence-corrected chi connectivity index (χ3v) is 3.99. The van der Waals surface area contributed by atoms with Gasteiger partial charge in [0.15, 0.2) is 0 Å². The van der Waals surface area contributed by atoms with Crippen molar-refractivity contribution in [2.75, 3.05) is 5.75 Å². The van der Waals surface area contributed by atoms with Crippen molar-refractivity contribution in [2.45, 2.75) is 43.9 Å². The first-order valence-electron chi connectivity index (χ1n) is 5.95. The van der Waals surface area contributed by atoms with E-state index in [1.165, 1.54) is 43.9 Å². The standard InChI is InChI=1S/C11H17N3O2S/c15-11(16)7-17-6-10-13-12-8-14(10)9-4-2-1-3-5-9/h8-9H,1-7H2,(H,15,16). The van der Waals surface area contributed by atoms with Crippen LogP contribution in [0.25, 0.3) is 0 Å². The summed E-state index contributed by atoms with van der Waals surface area (Å²) >= 11 is 1.37. The summed E-state index contributed by atoms with van der Waals surface area (Å²) < 4.78 is 2.13. The molecule has 1 heterocycles. The van der Waals surface area contributed by atoms with Crippen LogP contribution in [-0.2, 0) is 10.5 Å². The van der Waals surface area contributed by atoms with Crippen LogP contribution < -0.4 is 0 Å². The smallest absolute Gasteiger partial charge is 0.313 e. The van der Waals surface area contributed by atoms with Crippen LogP contribution in [0, 0.1) is 0 Å². The van der Waals surface area contributed by atoms with E-state index >= 15 is 0 Å². The molecule has 1 saturated carbocycles. The molecule has 0 amide bonds. The Morgan fingerprint density at radius 2 is 2.24 bits per heavy atom. The lowest BCUT2D eigenvalue weighted by molar-refractivity contribution is -0.133. The predicted molar refractivity (Wildman–Crippen MR) is 65.9 cm³/mol. The highest BCUT2D eigenvalue weighted by Crippen LogP contribution is 2.29. The van der Waals surface area contributed by atoms with Crippen LogP contribution in [0.2, 0.25) is 0 Å². The van der Waals surface area contributed by atoms with Crippen LogP contribution in [-0.4, -0.2) is 31.6 Å². The van der Waals surface area contributed by atoms with E-state index in [2.05, 4.69) is 14.8 Å². The molecule has 0 aromatic carbocycles. The first-order chi connectivity index (χ1) is 8.27. The zero-order chi connectivity index (χ0) is 12.1. The van der Waals surface area contributed by atoms with E-state index in [0.717, 1.165) is 5.82 Å². The molecule has 17 heavy (non-hydrogen) atoms. The number of aromatic nitrogens is 3. The van der Waals surface area contributed by atoms with Gasteiger partial charge in [0.1, 0.15) is 12.2 Å². The summed E-state index contributed by atoms with van der Waals surface area (Å²) in [5.41, 5.74) is 0. The highest BCUT2D eigenvalue weighted by Gasteiger charge is 2.18. The number of hydrogen-bond donors (Lipinski definition) is 1. The summed E-state index contributed by atoms with van der Waals surface area (Å²) in [6.07, 6.45) is 8.02. The van der Waals surface area contributed by atoms with Gasteiger partial charge in [0.2, 0.25) is 0 Å². The summed E-state index contributed by atoms with van der Waals surface area (Å²) in [5.74, 6) is 0.877. The third-order valence-electron chi connectivity index (χ3n) is 3.07. The molecule has 6 heteroatoms. The number of carboxylic acid groups (broad SMARTS) is 1. The summed E-state index contributed by atoms with van der Waals surface area (Å²) in [6, 6.07) is 0.513. The summed E-state index contributed by atoms with van der Waals surface area (Å²) in [6.45, 7) is 0. The van der Waals surface area contributed by atoms with Gasteiger partial charge in [-0.3, -0.25) is 4.79 Å². The minimum Gasteiger partial charge on any atom is -0.481 e. The van der Waals surface area contributed by atoms with Crippen molar-refractivity contribution in [3.63, 3.8) is 0 Å². The van der Waals surface area contributed by atoms with Crippen LogP contribution in [0.1, 0.15) is 44.0 Å². The molecule has 1 fully saturated rings. The fraction of sp³-hybridized carbons (Fsp3) is 0.727. The average molecular weight is 255 g/mol.